The second-order valence-corrected chi connectivity index (χ2v) is 7.25. The third-order valence-electron chi connectivity index (χ3n) is 3.93. The summed E-state index contributed by atoms with van der Waals surface area (Å²) in [6.45, 7) is 4.24. The summed E-state index contributed by atoms with van der Waals surface area (Å²) < 4.78 is 0. The van der Waals surface area contributed by atoms with Gasteiger partial charge in [-0.15, -0.1) is 0 Å². The maximum absolute atomic E-state index is 12.1. The molecule has 5 nitrogen and oxygen atoms in total. The van der Waals surface area contributed by atoms with Crippen LogP contribution in [0.4, 0.5) is 5.69 Å². The summed E-state index contributed by atoms with van der Waals surface area (Å²) in [5.74, 6) is 0.0915. The van der Waals surface area contributed by atoms with Crippen molar-refractivity contribution in [1.82, 2.24) is 9.97 Å². The fourth-order valence-electron chi connectivity index (χ4n) is 2.60. The SMILES string of the molecule is CCCCCc1ccc(NC(=O)CSc2nc(CCC)cc(=O)[nH]2)cc1. The molecular weight excluding hydrogens is 346 g/mol. The quantitative estimate of drug-likeness (QED) is 0.372. The number of unbranched alkanes of at least 4 members (excludes halogenated alkanes) is 2. The first-order chi connectivity index (χ1) is 12.6. The average molecular weight is 374 g/mol. The first-order valence-electron chi connectivity index (χ1n) is 9.22. The van der Waals surface area contributed by atoms with Gasteiger partial charge >= 0.3 is 0 Å². The van der Waals surface area contributed by atoms with Gasteiger partial charge in [-0.1, -0.05) is 57.0 Å². The smallest absolute Gasteiger partial charge is 0.251 e. The summed E-state index contributed by atoms with van der Waals surface area (Å²) in [6, 6.07) is 9.50. The molecule has 2 N–H and O–H groups in total. The highest BCUT2D eigenvalue weighted by molar-refractivity contribution is 7.99. The number of anilines is 1. The number of hydrogen-bond acceptors (Lipinski definition) is 4. The predicted octanol–water partition coefficient (Wildman–Crippen LogP) is 4.19. The molecule has 0 fully saturated rings. The second kappa shape index (κ2) is 10.8. The van der Waals surface area contributed by atoms with E-state index in [0.717, 1.165) is 30.6 Å². The first kappa shape index (κ1) is 20.2. The summed E-state index contributed by atoms with van der Waals surface area (Å²) in [6.07, 6.45) is 6.41. The molecule has 26 heavy (non-hydrogen) atoms. The van der Waals surface area contributed by atoms with Gasteiger partial charge in [-0.3, -0.25) is 9.59 Å². The fraction of sp³-hybridized carbons (Fsp3) is 0.450. The summed E-state index contributed by atoms with van der Waals surface area (Å²) in [5.41, 5.74) is 2.67. The number of carbonyl (C=O) groups is 1. The number of hydrogen-bond donors (Lipinski definition) is 2. The van der Waals surface area contributed by atoms with Gasteiger partial charge in [-0.2, -0.15) is 0 Å². The molecule has 0 unspecified atom stereocenters. The van der Waals surface area contributed by atoms with Crippen LogP contribution < -0.4 is 10.9 Å². The largest absolute Gasteiger partial charge is 0.325 e. The number of aryl methyl sites for hydroxylation is 2. The lowest BCUT2D eigenvalue weighted by Gasteiger charge is -2.07. The van der Waals surface area contributed by atoms with Gasteiger partial charge < -0.3 is 10.3 Å². The molecule has 0 radical (unpaired) electrons. The highest BCUT2D eigenvalue weighted by Crippen LogP contribution is 2.15. The Bertz CT molecular complexity index is 756. The summed E-state index contributed by atoms with van der Waals surface area (Å²) in [5, 5.41) is 3.37. The van der Waals surface area contributed by atoms with E-state index in [1.807, 2.05) is 19.1 Å². The van der Waals surface area contributed by atoms with Gasteiger partial charge in [0.2, 0.25) is 5.91 Å². The third-order valence-corrected chi connectivity index (χ3v) is 4.80. The Kier molecular flexibility index (Phi) is 8.41. The zero-order valence-electron chi connectivity index (χ0n) is 15.5. The number of carbonyl (C=O) groups excluding carboxylic acids is 1. The van der Waals surface area contributed by atoms with Crippen LogP contribution >= 0.6 is 11.8 Å². The molecule has 0 saturated carbocycles. The van der Waals surface area contributed by atoms with E-state index in [1.165, 1.54) is 42.7 Å². The Balaban J connectivity index is 1.84. The van der Waals surface area contributed by atoms with Crippen LogP contribution in [0.3, 0.4) is 0 Å². The molecule has 0 bridgehead atoms. The van der Waals surface area contributed by atoms with Crippen LogP contribution in [0, 0.1) is 0 Å². The molecule has 2 rings (SSSR count). The molecule has 1 amide bonds. The van der Waals surface area contributed by atoms with Gasteiger partial charge in [0.15, 0.2) is 5.16 Å². The normalized spacial score (nSPS) is 10.7. The standard InChI is InChI=1S/C20H27N3O2S/c1-3-5-6-8-15-9-11-16(12-10-15)21-19(25)14-26-20-22-17(7-4-2)13-18(24)23-20/h9-13H,3-8,14H2,1-2H3,(H,21,25)(H,22,23,24). The van der Waals surface area contributed by atoms with Crippen LogP contribution in [-0.2, 0) is 17.6 Å². The number of H-pyrrole nitrogens is 1. The van der Waals surface area contributed by atoms with Gasteiger partial charge in [-0.05, 0) is 37.0 Å². The lowest BCUT2D eigenvalue weighted by molar-refractivity contribution is -0.113. The highest BCUT2D eigenvalue weighted by Gasteiger charge is 2.07. The summed E-state index contributed by atoms with van der Waals surface area (Å²) in [4.78, 5) is 30.8. The van der Waals surface area contributed by atoms with E-state index in [-0.39, 0.29) is 17.2 Å². The van der Waals surface area contributed by atoms with E-state index in [1.54, 1.807) is 0 Å². The molecule has 0 spiro atoms. The van der Waals surface area contributed by atoms with Crippen molar-refractivity contribution < 1.29 is 4.79 Å². The number of nitrogens with one attached hydrogen (secondary N) is 2. The minimum atomic E-state index is -0.176. The van der Waals surface area contributed by atoms with Crippen LogP contribution in [0.15, 0.2) is 40.3 Å². The molecule has 140 valence electrons. The van der Waals surface area contributed by atoms with Gasteiger partial charge in [0.1, 0.15) is 0 Å². The predicted molar refractivity (Wildman–Crippen MR) is 108 cm³/mol. The molecule has 0 saturated heterocycles. The zero-order chi connectivity index (χ0) is 18.8. The monoisotopic (exact) mass is 373 g/mol. The number of benzene rings is 1. The van der Waals surface area contributed by atoms with Crippen LogP contribution in [0.5, 0.6) is 0 Å². The molecule has 2 aromatic rings. The molecule has 0 atom stereocenters. The van der Waals surface area contributed by atoms with Crippen LogP contribution in [-0.4, -0.2) is 21.6 Å². The van der Waals surface area contributed by atoms with E-state index >= 15 is 0 Å². The first-order valence-corrected chi connectivity index (χ1v) is 10.2. The van der Waals surface area contributed by atoms with Crippen molar-refractivity contribution in [2.75, 3.05) is 11.1 Å². The molecule has 1 aromatic carbocycles. The number of aromatic amines is 1. The maximum Gasteiger partial charge on any atom is 0.251 e. The van der Waals surface area contributed by atoms with Crippen LogP contribution in [0.2, 0.25) is 0 Å². The van der Waals surface area contributed by atoms with Crippen molar-refractivity contribution in [1.29, 1.82) is 0 Å². The van der Waals surface area contributed by atoms with E-state index in [4.69, 9.17) is 0 Å². The average Bonchev–Trinajstić information content (AvgIpc) is 2.62. The molecule has 6 heteroatoms. The second-order valence-electron chi connectivity index (χ2n) is 6.28. The molecule has 0 aliphatic rings. The Morgan fingerprint density at radius 1 is 1.12 bits per heavy atom. The van der Waals surface area contributed by atoms with Gasteiger partial charge in [0.25, 0.3) is 5.56 Å². The lowest BCUT2D eigenvalue weighted by Crippen LogP contribution is -2.16. The minimum Gasteiger partial charge on any atom is -0.325 e. The van der Waals surface area contributed by atoms with Crippen molar-refractivity contribution in [2.24, 2.45) is 0 Å². The molecule has 0 aliphatic heterocycles. The topological polar surface area (TPSA) is 74.8 Å². The fourth-order valence-corrected chi connectivity index (χ4v) is 3.30. The summed E-state index contributed by atoms with van der Waals surface area (Å²) >= 11 is 1.24. The van der Waals surface area contributed by atoms with Crippen molar-refractivity contribution in [3.8, 4) is 0 Å². The van der Waals surface area contributed by atoms with Crippen molar-refractivity contribution in [3.63, 3.8) is 0 Å². The number of amides is 1. The molecule has 0 aliphatic carbocycles. The van der Waals surface area contributed by atoms with Crippen molar-refractivity contribution in [2.45, 2.75) is 57.5 Å². The number of nitrogens with zero attached hydrogens (tertiary/aromatic N) is 1. The zero-order valence-corrected chi connectivity index (χ0v) is 16.3. The van der Waals surface area contributed by atoms with Gasteiger partial charge in [0.05, 0.1) is 5.75 Å². The summed E-state index contributed by atoms with van der Waals surface area (Å²) in [7, 11) is 0. The van der Waals surface area contributed by atoms with Crippen molar-refractivity contribution in [3.05, 3.63) is 51.9 Å². The molecule has 1 aromatic heterocycles. The number of rotatable bonds is 10. The van der Waals surface area contributed by atoms with Crippen molar-refractivity contribution >= 4 is 23.4 Å². The Morgan fingerprint density at radius 2 is 1.88 bits per heavy atom. The van der Waals surface area contributed by atoms with Gasteiger partial charge in [0, 0.05) is 17.4 Å². The van der Waals surface area contributed by atoms with Crippen LogP contribution in [0.1, 0.15) is 50.8 Å². The van der Waals surface area contributed by atoms with E-state index in [2.05, 4.69) is 34.3 Å². The number of aromatic nitrogens is 2. The lowest BCUT2D eigenvalue weighted by atomic mass is 10.1. The molecule has 1 heterocycles. The van der Waals surface area contributed by atoms with E-state index in [0.29, 0.717) is 5.16 Å². The minimum absolute atomic E-state index is 0.114. The van der Waals surface area contributed by atoms with Gasteiger partial charge in [-0.25, -0.2) is 4.98 Å². The van der Waals surface area contributed by atoms with Crippen LogP contribution in [0.25, 0.3) is 0 Å². The number of thioether (sulfide) groups is 1. The van der Waals surface area contributed by atoms with E-state index in [9.17, 15) is 9.59 Å². The van der Waals surface area contributed by atoms with E-state index < -0.39 is 0 Å². The highest BCUT2D eigenvalue weighted by atomic mass is 32.2. The molecular formula is C20H27N3O2S. The Hall–Kier alpha value is -2.08. The Labute approximate surface area is 159 Å². The Morgan fingerprint density at radius 3 is 2.58 bits per heavy atom. The maximum atomic E-state index is 12.1. The third kappa shape index (κ3) is 7.04.